The fourth-order valence-electron chi connectivity index (χ4n) is 3.02. The summed E-state index contributed by atoms with van der Waals surface area (Å²) in [6.07, 6.45) is -0.286. The molecule has 0 spiro atoms. The van der Waals surface area contributed by atoms with Gasteiger partial charge in [0.05, 0.1) is 17.7 Å². The summed E-state index contributed by atoms with van der Waals surface area (Å²) < 4.78 is 24.2. The average molecular weight is 398 g/mol. The van der Waals surface area contributed by atoms with Crippen molar-refractivity contribution < 1.29 is 23.5 Å². The van der Waals surface area contributed by atoms with Crippen molar-refractivity contribution in [1.29, 1.82) is 0 Å². The average Bonchev–Trinajstić information content (AvgIpc) is 2.66. The molecule has 1 heterocycles. The van der Waals surface area contributed by atoms with E-state index in [0.29, 0.717) is 22.6 Å². The van der Waals surface area contributed by atoms with Crippen LogP contribution in [0.25, 0.3) is 0 Å². The van der Waals surface area contributed by atoms with Gasteiger partial charge in [0.1, 0.15) is 18.2 Å². The normalized spacial score (nSPS) is 16.3. The van der Waals surface area contributed by atoms with Gasteiger partial charge < -0.3 is 20.1 Å². The van der Waals surface area contributed by atoms with Crippen molar-refractivity contribution >= 4 is 12.0 Å². The van der Waals surface area contributed by atoms with E-state index < -0.39 is 18.0 Å². The summed E-state index contributed by atoms with van der Waals surface area (Å²) in [7, 11) is 0. The summed E-state index contributed by atoms with van der Waals surface area (Å²) >= 11 is 0. The smallest absolute Gasteiger partial charge is 0.338 e. The Morgan fingerprint density at radius 1 is 1.17 bits per heavy atom. The standard InChI is InChI=1S/C22H23FN2O4/c1-13(2)29-21(26)19-14(3)24-22(27)25-20(19)16-5-4-6-18(11-16)28-12-15-7-9-17(23)10-8-15/h4-11,13,20H,12H2,1-3H3,(H2,24,25,27). The number of carbonyl (C=O) groups is 2. The van der Waals surface area contributed by atoms with Crippen molar-refractivity contribution in [1.82, 2.24) is 10.6 Å². The Hall–Kier alpha value is -3.35. The fourth-order valence-corrected chi connectivity index (χ4v) is 3.02. The van der Waals surface area contributed by atoms with Crippen LogP contribution in [0.1, 0.15) is 37.9 Å². The van der Waals surface area contributed by atoms with Gasteiger partial charge in [0.2, 0.25) is 0 Å². The molecule has 6 nitrogen and oxygen atoms in total. The number of benzene rings is 2. The molecule has 29 heavy (non-hydrogen) atoms. The van der Waals surface area contributed by atoms with Gasteiger partial charge in [-0.05, 0) is 56.2 Å². The molecule has 2 amide bonds. The van der Waals surface area contributed by atoms with Gasteiger partial charge in [-0.25, -0.2) is 14.0 Å². The molecule has 0 aromatic heterocycles. The van der Waals surface area contributed by atoms with E-state index in [2.05, 4.69) is 10.6 Å². The van der Waals surface area contributed by atoms with Crippen LogP contribution >= 0.6 is 0 Å². The lowest BCUT2D eigenvalue weighted by Crippen LogP contribution is -2.45. The molecule has 0 radical (unpaired) electrons. The Morgan fingerprint density at radius 3 is 2.59 bits per heavy atom. The number of esters is 1. The van der Waals surface area contributed by atoms with Gasteiger partial charge in [-0.1, -0.05) is 24.3 Å². The molecule has 0 bridgehead atoms. The molecule has 1 atom stereocenters. The molecule has 152 valence electrons. The third kappa shape index (κ3) is 5.13. The van der Waals surface area contributed by atoms with E-state index in [0.717, 1.165) is 5.56 Å². The maximum atomic E-state index is 13.0. The quantitative estimate of drug-likeness (QED) is 0.722. The maximum Gasteiger partial charge on any atom is 0.338 e. The highest BCUT2D eigenvalue weighted by molar-refractivity contribution is 5.95. The van der Waals surface area contributed by atoms with Crippen LogP contribution in [0.2, 0.25) is 0 Å². The van der Waals surface area contributed by atoms with E-state index in [1.165, 1.54) is 12.1 Å². The lowest BCUT2D eigenvalue weighted by Gasteiger charge is -2.28. The first-order chi connectivity index (χ1) is 13.8. The zero-order valence-corrected chi connectivity index (χ0v) is 16.5. The van der Waals surface area contributed by atoms with E-state index >= 15 is 0 Å². The van der Waals surface area contributed by atoms with E-state index in [1.807, 2.05) is 0 Å². The van der Waals surface area contributed by atoms with Crippen molar-refractivity contribution in [2.45, 2.75) is 39.5 Å². The molecular weight excluding hydrogens is 375 g/mol. The van der Waals surface area contributed by atoms with E-state index in [9.17, 15) is 14.0 Å². The number of hydrogen-bond acceptors (Lipinski definition) is 4. The van der Waals surface area contributed by atoms with Gasteiger partial charge in [0, 0.05) is 5.70 Å². The third-order valence-corrected chi connectivity index (χ3v) is 4.34. The minimum Gasteiger partial charge on any atom is -0.489 e. The van der Waals surface area contributed by atoms with Gasteiger partial charge in [0.25, 0.3) is 0 Å². The van der Waals surface area contributed by atoms with Crippen molar-refractivity contribution in [3.8, 4) is 5.75 Å². The van der Waals surface area contributed by atoms with E-state index in [4.69, 9.17) is 9.47 Å². The summed E-state index contributed by atoms with van der Waals surface area (Å²) in [6.45, 7) is 5.46. The van der Waals surface area contributed by atoms with Crippen LogP contribution in [0.3, 0.4) is 0 Å². The third-order valence-electron chi connectivity index (χ3n) is 4.34. The van der Waals surface area contributed by atoms with Gasteiger partial charge in [-0.15, -0.1) is 0 Å². The topological polar surface area (TPSA) is 76.7 Å². The van der Waals surface area contributed by atoms with Crippen LogP contribution in [0, 0.1) is 5.82 Å². The highest BCUT2D eigenvalue weighted by Gasteiger charge is 2.32. The van der Waals surface area contributed by atoms with Gasteiger partial charge >= 0.3 is 12.0 Å². The van der Waals surface area contributed by atoms with Crippen LogP contribution in [0.5, 0.6) is 5.75 Å². The minimum absolute atomic E-state index is 0.263. The second-order valence-corrected chi connectivity index (χ2v) is 7.01. The number of amides is 2. The molecule has 2 N–H and O–H groups in total. The van der Waals surface area contributed by atoms with Gasteiger partial charge in [-0.3, -0.25) is 0 Å². The fraction of sp³-hybridized carbons (Fsp3) is 0.273. The van der Waals surface area contributed by atoms with Crippen molar-refractivity contribution in [2.75, 3.05) is 0 Å². The van der Waals surface area contributed by atoms with Gasteiger partial charge in [0.15, 0.2) is 0 Å². The molecule has 0 saturated heterocycles. The number of urea groups is 1. The summed E-state index contributed by atoms with van der Waals surface area (Å²) in [4.78, 5) is 24.6. The Morgan fingerprint density at radius 2 is 1.90 bits per heavy atom. The molecule has 2 aromatic carbocycles. The van der Waals surface area contributed by atoms with Gasteiger partial charge in [-0.2, -0.15) is 0 Å². The second-order valence-electron chi connectivity index (χ2n) is 7.01. The molecule has 0 saturated carbocycles. The van der Waals surface area contributed by atoms with Crippen LogP contribution in [0.4, 0.5) is 9.18 Å². The maximum absolute atomic E-state index is 13.0. The van der Waals surface area contributed by atoms with Crippen molar-refractivity contribution in [3.63, 3.8) is 0 Å². The lowest BCUT2D eigenvalue weighted by molar-refractivity contribution is -0.143. The number of allylic oxidation sites excluding steroid dienone is 1. The molecule has 0 aliphatic carbocycles. The molecule has 7 heteroatoms. The van der Waals surface area contributed by atoms with Crippen molar-refractivity contribution in [3.05, 3.63) is 76.7 Å². The Labute approximate surface area is 168 Å². The molecule has 2 aromatic rings. The Kier molecular flexibility index (Phi) is 6.16. The van der Waals surface area contributed by atoms with E-state index in [1.54, 1.807) is 57.2 Å². The molecule has 1 unspecified atom stereocenters. The van der Waals surface area contributed by atoms with E-state index in [-0.39, 0.29) is 18.5 Å². The van der Waals surface area contributed by atoms with Crippen LogP contribution in [0.15, 0.2) is 59.8 Å². The molecule has 0 fully saturated rings. The first kappa shape index (κ1) is 20.4. The SMILES string of the molecule is CC1=C(C(=O)OC(C)C)C(c2cccc(OCc3ccc(F)cc3)c2)NC(=O)N1. The molecule has 3 rings (SSSR count). The Bertz CT molecular complexity index is 938. The molecular formula is C22H23FN2O4. The molecule has 1 aliphatic heterocycles. The number of carbonyl (C=O) groups excluding carboxylic acids is 2. The second kappa shape index (κ2) is 8.77. The predicted octanol–water partition coefficient (Wildman–Crippen LogP) is 3.98. The zero-order chi connectivity index (χ0) is 21.0. The van der Waals surface area contributed by atoms with Crippen LogP contribution in [-0.4, -0.2) is 18.1 Å². The number of halogens is 1. The molecule has 1 aliphatic rings. The first-order valence-electron chi connectivity index (χ1n) is 9.30. The minimum atomic E-state index is -0.663. The van der Waals surface area contributed by atoms with Crippen molar-refractivity contribution in [2.24, 2.45) is 0 Å². The summed E-state index contributed by atoms with van der Waals surface area (Å²) in [5.41, 5.74) is 2.30. The Balaban J connectivity index is 1.83. The number of hydrogen-bond donors (Lipinski definition) is 2. The summed E-state index contributed by atoms with van der Waals surface area (Å²) in [6, 6.07) is 12.1. The zero-order valence-electron chi connectivity index (χ0n) is 16.5. The van der Waals surface area contributed by atoms with Crippen LogP contribution < -0.4 is 15.4 Å². The summed E-state index contributed by atoms with van der Waals surface area (Å²) in [5.74, 6) is -0.234. The largest absolute Gasteiger partial charge is 0.489 e. The highest BCUT2D eigenvalue weighted by Crippen LogP contribution is 2.30. The number of ether oxygens (including phenoxy) is 2. The lowest BCUT2D eigenvalue weighted by atomic mass is 9.95. The predicted molar refractivity (Wildman–Crippen MR) is 106 cm³/mol. The monoisotopic (exact) mass is 398 g/mol. The number of rotatable bonds is 6. The summed E-state index contributed by atoms with van der Waals surface area (Å²) in [5, 5.41) is 5.38. The number of nitrogens with one attached hydrogen (secondary N) is 2. The first-order valence-corrected chi connectivity index (χ1v) is 9.30. The highest BCUT2D eigenvalue weighted by atomic mass is 19.1. The van der Waals surface area contributed by atoms with Crippen LogP contribution in [-0.2, 0) is 16.1 Å².